The SMILES string of the molecule is COc1cc(/C=N/NC(=O)CN2CCOCC2)c([N+](=O)[O-])cc1OC. The molecule has 10 heteroatoms. The molecule has 1 N–H and O–H groups in total. The van der Waals surface area contributed by atoms with Gasteiger partial charge in [-0.15, -0.1) is 0 Å². The molecule has 0 saturated carbocycles. The van der Waals surface area contributed by atoms with Gasteiger partial charge in [-0.05, 0) is 6.07 Å². The Kier molecular flexibility index (Phi) is 6.66. The number of nitro groups is 1. The van der Waals surface area contributed by atoms with E-state index in [1.165, 1.54) is 32.6 Å². The van der Waals surface area contributed by atoms with Gasteiger partial charge < -0.3 is 14.2 Å². The van der Waals surface area contributed by atoms with Crippen molar-refractivity contribution in [2.24, 2.45) is 5.10 Å². The molecule has 0 spiro atoms. The van der Waals surface area contributed by atoms with Crippen molar-refractivity contribution in [1.29, 1.82) is 0 Å². The number of nitrogens with zero attached hydrogens (tertiary/aromatic N) is 3. The van der Waals surface area contributed by atoms with Crippen molar-refractivity contribution in [1.82, 2.24) is 10.3 Å². The molecule has 0 radical (unpaired) electrons. The van der Waals surface area contributed by atoms with E-state index in [0.717, 1.165) is 0 Å². The van der Waals surface area contributed by atoms with Crippen LogP contribution in [-0.2, 0) is 9.53 Å². The van der Waals surface area contributed by atoms with Gasteiger partial charge in [0.1, 0.15) is 0 Å². The van der Waals surface area contributed by atoms with Crippen LogP contribution in [0.5, 0.6) is 11.5 Å². The second-order valence-electron chi connectivity index (χ2n) is 5.20. The number of rotatable bonds is 7. The molecule has 0 aliphatic carbocycles. The summed E-state index contributed by atoms with van der Waals surface area (Å²) in [5, 5.41) is 15.0. The molecule has 0 unspecified atom stereocenters. The van der Waals surface area contributed by atoms with Crippen molar-refractivity contribution < 1.29 is 23.9 Å². The van der Waals surface area contributed by atoms with E-state index in [4.69, 9.17) is 14.2 Å². The molecule has 1 aromatic rings. The Balaban J connectivity index is 2.05. The number of nitrogens with one attached hydrogen (secondary N) is 1. The lowest BCUT2D eigenvalue weighted by molar-refractivity contribution is -0.385. The molecule has 1 aliphatic rings. The summed E-state index contributed by atoms with van der Waals surface area (Å²) in [6, 6.07) is 2.67. The number of carbonyl (C=O) groups excluding carboxylic acids is 1. The van der Waals surface area contributed by atoms with Crippen molar-refractivity contribution >= 4 is 17.8 Å². The standard InChI is InChI=1S/C15H20N4O6/c1-23-13-7-11(12(19(21)22)8-14(13)24-2)9-16-17-15(20)10-18-3-5-25-6-4-18/h7-9H,3-6,10H2,1-2H3,(H,17,20)/b16-9+. The first-order chi connectivity index (χ1) is 12.0. The first kappa shape index (κ1) is 18.6. The summed E-state index contributed by atoms with van der Waals surface area (Å²) in [6.07, 6.45) is 1.21. The monoisotopic (exact) mass is 352 g/mol. The van der Waals surface area contributed by atoms with Crippen molar-refractivity contribution in [2.45, 2.75) is 0 Å². The highest BCUT2D eigenvalue weighted by Crippen LogP contribution is 2.33. The summed E-state index contributed by atoms with van der Waals surface area (Å²) < 4.78 is 15.4. The van der Waals surface area contributed by atoms with Gasteiger partial charge in [0.05, 0.1) is 56.7 Å². The quantitative estimate of drug-likeness (QED) is 0.429. The number of hydrogen-bond acceptors (Lipinski definition) is 8. The number of hydrazone groups is 1. The molecule has 0 bridgehead atoms. The molecule has 1 aliphatic heterocycles. The van der Waals surface area contributed by atoms with Crippen LogP contribution in [-0.4, -0.2) is 69.0 Å². The second-order valence-corrected chi connectivity index (χ2v) is 5.20. The van der Waals surface area contributed by atoms with Crippen LogP contribution in [0, 0.1) is 10.1 Å². The summed E-state index contributed by atoms with van der Waals surface area (Å²) in [5.41, 5.74) is 2.35. The number of benzene rings is 1. The van der Waals surface area contributed by atoms with Gasteiger partial charge in [0.2, 0.25) is 0 Å². The Morgan fingerprint density at radius 2 is 2.00 bits per heavy atom. The van der Waals surface area contributed by atoms with E-state index in [2.05, 4.69) is 10.5 Å². The first-order valence-electron chi connectivity index (χ1n) is 7.57. The molecule has 10 nitrogen and oxygen atoms in total. The zero-order valence-electron chi connectivity index (χ0n) is 14.1. The molecule has 25 heavy (non-hydrogen) atoms. The molecule has 136 valence electrons. The van der Waals surface area contributed by atoms with Gasteiger partial charge in [-0.25, -0.2) is 5.43 Å². The summed E-state index contributed by atoms with van der Waals surface area (Å²) in [6.45, 7) is 2.73. The zero-order chi connectivity index (χ0) is 18.2. The molecule has 0 atom stereocenters. The largest absolute Gasteiger partial charge is 0.493 e. The number of methoxy groups -OCH3 is 2. The maximum absolute atomic E-state index is 11.9. The molecular weight excluding hydrogens is 332 g/mol. The number of ether oxygens (including phenoxy) is 3. The van der Waals surface area contributed by atoms with Gasteiger partial charge in [0.25, 0.3) is 11.6 Å². The zero-order valence-corrected chi connectivity index (χ0v) is 14.1. The van der Waals surface area contributed by atoms with Crippen LogP contribution < -0.4 is 14.9 Å². The Morgan fingerprint density at radius 3 is 2.60 bits per heavy atom. The van der Waals surface area contributed by atoms with Gasteiger partial charge in [-0.1, -0.05) is 0 Å². The molecule has 0 aromatic heterocycles. The highest BCUT2D eigenvalue weighted by atomic mass is 16.6. The van der Waals surface area contributed by atoms with Crippen LogP contribution in [0.1, 0.15) is 5.56 Å². The van der Waals surface area contributed by atoms with Crippen LogP contribution in [0.4, 0.5) is 5.69 Å². The minimum atomic E-state index is -0.557. The maximum Gasteiger partial charge on any atom is 0.282 e. The lowest BCUT2D eigenvalue weighted by Crippen LogP contribution is -2.42. The normalized spacial score (nSPS) is 15.1. The number of nitro benzene ring substituents is 1. The molecule has 1 amide bonds. The fourth-order valence-corrected chi connectivity index (χ4v) is 2.32. The van der Waals surface area contributed by atoms with Gasteiger partial charge in [0, 0.05) is 13.1 Å². The Bertz CT molecular complexity index is 658. The van der Waals surface area contributed by atoms with Crippen molar-refractivity contribution in [3.8, 4) is 11.5 Å². The fourth-order valence-electron chi connectivity index (χ4n) is 2.32. The van der Waals surface area contributed by atoms with Crippen molar-refractivity contribution in [3.63, 3.8) is 0 Å². The van der Waals surface area contributed by atoms with Crippen molar-refractivity contribution in [2.75, 3.05) is 47.1 Å². The summed E-state index contributed by atoms with van der Waals surface area (Å²) >= 11 is 0. The van der Waals surface area contributed by atoms with Crippen LogP contribution in [0.25, 0.3) is 0 Å². The van der Waals surface area contributed by atoms with Gasteiger partial charge >= 0.3 is 0 Å². The Labute approximate surface area is 144 Å². The lowest BCUT2D eigenvalue weighted by atomic mass is 10.1. The summed E-state index contributed by atoms with van der Waals surface area (Å²) in [5.74, 6) is 0.262. The third kappa shape index (κ3) is 5.13. The average Bonchev–Trinajstić information content (AvgIpc) is 2.61. The van der Waals surface area contributed by atoms with E-state index in [0.29, 0.717) is 32.1 Å². The number of carbonyl (C=O) groups is 1. The number of amides is 1. The third-order valence-electron chi connectivity index (χ3n) is 3.59. The molecule has 1 heterocycles. The van der Waals surface area contributed by atoms with E-state index in [-0.39, 0.29) is 29.5 Å². The van der Waals surface area contributed by atoms with E-state index < -0.39 is 4.92 Å². The van der Waals surface area contributed by atoms with Crippen LogP contribution in [0.2, 0.25) is 0 Å². The van der Waals surface area contributed by atoms with E-state index in [1.54, 1.807) is 0 Å². The minimum Gasteiger partial charge on any atom is -0.493 e. The summed E-state index contributed by atoms with van der Waals surface area (Å²) in [7, 11) is 2.82. The van der Waals surface area contributed by atoms with E-state index >= 15 is 0 Å². The number of morpholine rings is 1. The second kappa shape index (κ2) is 8.94. The highest BCUT2D eigenvalue weighted by Gasteiger charge is 2.18. The summed E-state index contributed by atoms with van der Waals surface area (Å²) in [4.78, 5) is 24.4. The van der Waals surface area contributed by atoms with Gasteiger partial charge in [-0.2, -0.15) is 5.10 Å². The van der Waals surface area contributed by atoms with Crippen LogP contribution in [0.3, 0.4) is 0 Å². The number of hydrogen-bond donors (Lipinski definition) is 1. The predicted molar refractivity (Wildman–Crippen MR) is 89.2 cm³/mol. The van der Waals surface area contributed by atoms with E-state index in [9.17, 15) is 14.9 Å². The van der Waals surface area contributed by atoms with E-state index in [1.807, 2.05) is 4.90 Å². The molecule has 1 saturated heterocycles. The fraction of sp³-hybridized carbons (Fsp3) is 0.467. The molecule has 2 rings (SSSR count). The smallest absolute Gasteiger partial charge is 0.282 e. The first-order valence-corrected chi connectivity index (χ1v) is 7.57. The minimum absolute atomic E-state index is 0.189. The third-order valence-corrected chi connectivity index (χ3v) is 3.59. The van der Waals surface area contributed by atoms with Crippen LogP contribution in [0.15, 0.2) is 17.2 Å². The van der Waals surface area contributed by atoms with Crippen LogP contribution >= 0.6 is 0 Å². The molecule has 1 aromatic carbocycles. The Hall–Kier alpha value is -2.72. The Morgan fingerprint density at radius 1 is 1.36 bits per heavy atom. The van der Waals surface area contributed by atoms with Crippen molar-refractivity contribution in [3.05, 3.63) is 27.8 Å². The molecular formula is C15H20N4O6. The highest BCUT2D eigenvalue weighted by molar-refractivity contribution is 5.88. The molecule has 1 fully saturated rings. The van der Waals surface area contributed by atoms with Gasteiger partial charge in [0.15, 0.2) is 11.5 Å². The topological polar surface area (TPSA) is 116 Å². The maximum atomic E-state index is 11.9. The van der Waals surface area contributed by atoms with Gasteiger partial charge in [-0.3, -0.25) is 19.8 Å². The average molecular weight is 352 g/mol. The lowest BCUT2D eigenvalue weighted by Gasteiger charge is -2.25. The predicted octanol–water partition coefficient (Wildman–Crippen LogP) is 0.394.